The third-order valence-electron chi connectivity index (χ3n) is 3.56. The van der Waals surface area contributed by atoms with Gasteiger partial charge < -0.3 is 9.88 Å². The number of rotatable bonds is 2. The summed E-state index contributed by atoms with van der Waals surface area (Å²) in [5, 5.41) is 11.3. The standard InChI is InChI=1S/C13H16N6O/c1-9-17-18-12-3-2-10(4-7-19(9)12)16-13(20)11-8-14-5-6-15-11/h5-6,8,10H,2-4,7H2,1H3,(H,16,20). The molecule has 0 radical (unpaired) electrons. The summed E-state index contributed by atoms with van der Waals surface area (Å²) in [5.41, 5.74) is 0.354. The van der Waals surface area contributed by atoms with Crippen LogP contribution in [0.3, 0.4) is 0 Å². The highest BCUT2D eigenvalue weighted by Crippen LogP contribution is 2.15. The van der Waals surface area contributed by atoms with Crippen molar-refractivity contribution in [3.63, 3.8) is 0 Å². The number of amides is 1. The second-order valence-electron chi connectivity index (χ2n) is 4.90. The number of aryl methyl sites for hydroxylation is 2. The van der Waals surface area contributed by atoms with Gasteiger partial charge in [-0.2, -0.15) is 0 Å². The van der Waals surface area contributed by atoms with E-state index in [-0.39, 0.29) is 11.9 Å². The summed E-state index contributed by atoms with van der Waals surface area (Å²) in [7, 11) is 0. The molecule has 0 saturated heterocycles. The SMILES string of the molecule is Cc1nnc2n1CCC(NC(=O)c1cnccn1)CC2. The van der Waals surface area contributed by atoms with Gasteiger partial charge in [-0.3, -0.25) is 9.78 Å². The van der Waals surface area contributed by atoms with Crippen LogP contribution >= 0.6 is 0 Å². The van der Waals surface area contributed by atoms with Crippen molar-refractivity contribution in [3.05, 3.63) is 35.9 Å². The van der Waals surface area contributed by atoms with Crippen LogP contribution in [0.15, 0.2) is 18.6 Å². The second-order valence-corrected chi connectivity index (χ2v) is 4.90. The molecule has 3 heterocycles. The van der Waals surface area contributed by atoms with Gasteiger partial charge in [0.1, 0.15) is 17.3 Å². The minimum atomic E-state index is -0.169. The highest BCUT2D eigenvalue weighted by atomic mass is 16.1. The zero-order valence-corrected chi connectivity index (χ0v) is 11.3. The molecule has 2 aromatic heterocycles. The Bertz CT molecular complexity index is 609. The van der Waals surface area contributed by atoms with Crippen molar-refractivity contribution in [2.24, 2.45) is 0 Å². The van der Waals surface area contributed by atoms with Gasteiger partial charge >= 0.3 is 0 Å². The summed E-state index contributed by atoms with van der Waals surface area (Å²) in [5.74, 6) is 1.76. The minimum Gasteiger partial charge on any atom is -0.348 e. The molecule has 1 N–H and O–H groups in total. The lowest BCUT2D eigenvalue weighted by Gasteiger charge is -2.15. The van der Waals surface area contributed by atoms with Gasteiger partial charge in [0.15, 0.2) is 0 Å². The minimum absolute atomic E-state index is 0.130. The molecule has 20 heavy (non-hydrogen) atoms. The first kappa shape index (κ1) is 12.7. The highest BCUT2D eigenvalue weighted by molar-refractivity contribution is 5.92. The predicted molar refractivity (Wildman–Crippen MR) is 71.0 cm³/mol. The monoisotopic (exact) mass is 272 g/mol. The summed E-state index contributed by atoms with van der Waals surface area (Å²) < 4.78 is 2.12. The average Bonchev–Trinajstić information content (AvgIpc) is 2.70. The lowest BCUT2D eigenvalue weighted by molar-refractivity contribution is 0.0927. The summed E-state index contributed by atoms with van der Waals surface area (Å²) in [6.07, 6.45) is 7.11. The van der Waals surface area contributed by atoms with E-state index in [0.29, 0.717) is 5.69 Å². The number of carbonyl (C=O) groups excluding carboxylic acids is 1. The Hall–Kier alpha value is -2.31. The largest absolute Gasteiger partial charge is 0.348 e. The molecule has 1 aliphatic heterocycles. The molecule has 7 heteroatoms. The first-order chi connectivity index (χ1) is 9.74. The van der Waals surface area contributed by atoms with E-state index >= 15 is 0 Å². The molecule has 0 fully saturated rings. The smallest absolute Gasteiger partial charge is 0.271 e. The molecule has 3 rings (SSSR count). The van der Waals surface area contributed by atoms with E-state index < -0.39 is 0 Å². The van der Waals surface area contributed by atoms with Crippen molar-refractivity contribution in [3.8, 4) is 0 Å². The van der Waals surface area contributed by atoms with E-state index in [2.05, 4.69) is 30.0 Å². The quantitative estimate of drug-likeness (QED) is 0.861. The normalized spacial score (nSPS) is 18.1. The second kappa shape index (κ2) is 5.36. The van der Waals surface area contributed by atoms with Crippen molar-refractivity contribution < 1.29 is 4.79 Å². The van der Waals surface area contributed by atoms with Gasteiger partial charge in [-0.05, 0) is 19.8 Å². The lowest BCUT2D eigenvalue weighted by atomic mass is 10.1. The van der Waals surface area contributed by atoms with Crippen molar-refractivity contribution in [1.29, 1.82) is 0 Å². The summed E-state index contributed by atoms with van der Waals surface area (Å²) >= 11 is 0. The lowest BCUT2D eigenvalue weighted by Crippen LogP contribution is -2.35. The maximum absolute atomic E-state index is 12.1. The third-order valence-corrected chi connectivity index (χ3v) is 3.56. The Morgan fingerprint density at radius 1 is 1.35 bits per heavy atom. The Balaban J connectivity index is 1.64. The molecule has 7 nitrogen and oxygen atoms in total. The Morgan fingerprint density at radius 2 is 2.25 bits per heavy atom. The molecular formula is C13H16N6O. The molecule has 0 bridgehead atoms. The maximum atomic E-state index is 12.1. The average molecular weight is 272 g/mol. The van der Waals surface area contributed by atoms with E-state index in [0.717, 1.165) is 37.5 Å². The van der Waals surface area contributed by atoms with Gasteiger partial charge in [0, 0.05) is 31.4 Å². The number of nitrogens with zero attached hydrogens (tertiary/aromatic N) is 5. The van der Waals surface area contributed by atoms with Gasteiger partial charge in [0.2, 0.25) is 0 Å². The first-order valence-corrected chi connectivity index (χ1v) is 6.69. The van der Waals surface area contributed by atoms with E-state index in [1.807, 2.05) is 6.92 Å². The molecule has 0 aliphatic carbocycles. The van der Waals surface area contributed by atoms with Crippen LogP contribution in [0.25, 0.3) is 0 Å². The summed E-state index contributed by atoms with van der Waals surface area (Å²) in [6, 6.07) is 0.130. The van der Waals surface area contributed by atoms with Crippen LogP contribution in [0.1, 0.15) is 35.0 Å². The number of hydrogen-bond donors (Lipinski definition) is 1. The van der Waals surface area contributed by atoms with Crippen LogP contribution in [0.5, 0.6) is 0 Å². The summed E-state index contributed by atoms with van der Waals surface area (Å²) in [4.78, 5) is 20.0. The van der Waals surface area contributed by atoms with E-state index in [9.17, 15) is 4.79 Å². The molecule has 1 amide bonds. The van der Waals surface area contributed by atoms with Crippen LogP contribution < -0.4 is 5.32 Å². The molecule has 1 atom stereocenters. The van der Waals surface area contributed by atoms with Crippen molar-refractivity contribution in [2.45, 2.75) is 38.8 Å². The Kier molecular flexibility index (Phi) is 3.41. The van der Waals surface area contributed by atoms with Crippen LogP contribution in [-0.4, -0.2) is 36.7 Å². The van der Waals surface area contributed by atoms with Gasteiger partial charge in [0.05, 0.1) is 6.20 Å². The number of fused-ring (bicyclic) bond motifs is 1. The number of aromatic nitrogens is 5. The van der Waals surface area contributed by atoms with Gasteiger partial charge in [-0.25, -0.2) is 4.98 Å². The first-order valence-electron chi connectivity index (χ1n) is 6.69. The number of nitrogens with one attached hydrogen (secondary N) is 1. The molecule has 0 spiro atoms. The molecular weight excluding hydrogens is 256 g/mol. The number of carbonyl (C=O) groups is 1. The zero-order chi connectivity index (χ0) is 13.9. The summed E-state index contributed by atoms with van der Waals surface area (Å²) in [6.45, 7) is 2.79. The Morgan fingerprint density at radius 3 is 3.05 bits per heavy atom. The molecule has 1 unspecified atom stereocenters. The molecule has 104 valence electrons. The van der Waals surface area contributed by atoms with E-state index in [4.69, 9.17) is 0 Å². The fourth-order valence-corrected chi connectivity index (χ4v) is 2.45. The predicted octanol–water partition coefficient (Wildman–Crippen LogP) is 0.511. The fourth-order valence-electron chi connectivity index (χ4n) is 2.45. The van der Waals surface area contributed by atoms with Crippen LogP contribution in [0.4, 0.5) is 0 Å². The highest BCUT2D eigenvalue weighted by Gasteiger charge is 2.21. The van der Waals surface area contributed by atoms with Crippen LogP contribution in [-0.2, 0) is 13.0 Å². The van der Waals surface area contributed by atoms with Gasteiger partial charge in [-0.15, -0.1) is 10.2 Å². The maximum Gasteiger partial charge on any atom is 0.271 e. The van der Waals surface area contributed by atoms with Crippen molar-refractivity contribution in [2.75, 3.05) is 0 Å². The topological polar surface area (TPSA) is 85.6 Å². The van der Waals surface area contributed by atoms with Crippen LogP contribution in [0, 0.1) is 6.92 Å². The zero-order valence-electron chi connectivity index (χ0n) is 11.3. The number of hydrogen-bond acceptors (Lipinski definition) is 5. The van der Waals surface area contributed by atoms with Crippen LogP contribution in [0.2, 0.25) is 0 Å². The van der Waals surface area contributed by atoms with E-state index in [1.54, 1.807) is 6.20 Å². The van der Waals surface area contributed by atoms with E-state index in [1.165, 1.54) is 12.4 Å². The van der Waals surface area contributed by atoms with Gasteiger partial charge in [-0.1, -0.05) is 0 Å². The Labute approximate surface area is 116 Å². The van der Waals surface area contributed by atoms with Crippen molar-refractivity contribution >= 4 is 5.91 Å². The van der Waals surface area contributed by atoms with Crippen molar-refractivity contribution in [1.82, 2.24) is 30.0 Å². The molecule has 0 aromatic carbocycles. The van der Waals surface area contributed by atoms with Gasteiger partial charge in [0.25, 0.3) is 5.91 Å². The third kappa shape index (κ3) is 2.52. The fraction of sp³-hybridized carbons (Fsp3) is 0.462. The molecule has 0 saturated carbocycles. The molecule has 2 aromatic rings. The molecule has 1 aliphatic rings.